The number of phenols is 2. The first-order chi connectivity index (χ1) is 10.5. The zero-order valence-corrected chi connectivity index (χ0v) is 12.2. The van der Waals surface area contributed by atoms with Crippen LogP contribution in [0.25, 0.3) is 6.08 Å². The number of hydrogen-bond donors (Lipinski definition) is 2. The number of phenolic OH excluding ortho intramolecular Hbond substituents is 2. The van der Waals surface area contributed by atoms with E-state index in [-0.39, 0.29) is 23.0 Å². The number of ether oxygens (including phenoxy) is 2. The van der Waals surface area contributed by atoms with E-state index in [4.69, 9.17) is 9.47 Å². The number of allylic oxidation sites excluding steroid dienone is 1. The van der Waals surface area contributed by atoms with Gasteiger partial charge in [0, 0.05) is 17.2 Å². The zero-order chi connectivity index (χ0) is 16.1. The van der Waals surface area contributed by atoms with E-state index in [1.165, 1.54) is 31.4 Å². The van der Waals surface area contributed by atoms with E-state index in [2.05, 4.69) is 0 Å². The highest BCUT2D eigenvalue weighted by molar-refractivity contribution is 6.10. The van der Waals surface area contributed by atoms with Crippen LogP contribution in [0.1, 0.15) is 15.9 Å². The second-order valence-corrected chi connectivity index (χ2v) is 4.51. The number of rotatable bonds is 5. The highest BCUT2D eigenvalue weighted by Crippen LogP contribution is 2.25. The van der Waals surface area contributed by atoms with Gasteiger partial charge in [-0.2, -0.15) is 0 Å². The summed E-state index contributed by atoms with van der Waals surface area (Å²) in [5.74, 6) is 0.201. The molecule has 0 atom stereocenters. The van der Waals surface area contributed by atoms with Gasteiger partial charge in [0.25, 0.3) is 0 Å². The van der Waals surface area contributed by atoms with Gasteiger partial charge in [0.15, 0.2) is 5.76 Å². The average Bonchev–Trinajstić information content (AvgIpc) is 2.54. The maximum Gasteiger partial charge on any atom is 0.227 e. The first kappa shape index (κ1) is 15.4. The number of carbonyl (C=O) groups is 1. The van der Waals surface area contributed by atoms with Gasteiger partial charge in [-0.1, -0.05) is 0 Å². The van der Waals surface area contributed by atoms with Crippen LogP contribution in [0.15, 0.2) is 48.2 Å². The van der Waals surface area contributed by atoms with Crippen molar-refractivity contribution < 1.29 is 24.5 Å². The number of methoxy groups -OCH3 is 2. The number of benzene rings is 2. The molecule has 5 nitrogen and oxygen atoms in total. The van der Waals surface area contributed by atoms with E-state index in [1.54, 1.807) is 31.4 Å². The lowest BCUT2D eigenvalue weighted by atomic mass is 10.1. The highest BCUT2D eigenvalue weighted by atomic mass is 16.5. The molecule has 0 aliphatic carbocycles. The van der Waals surface area contributed by atoms with Crippen molar-refractivity contribution in [2.75, 3.05) is 14.2 Å². The van der Waals surface area contributed by atoms with Crippen molar-refractivity contribution >= 4 is 11.9 Å². The Morgan fingerprint density at radius 2 is 1.73 bits per heavy atom. The molecule has 5 heteroatoms. The summed E-state index contributed by atoms with van der Waals surface area (Å²) in [5, 5.41) is 19.0. The Morgan fingerprint density at radius 1 is 1.05 bits per heavy atom. The van der Waals surface area contributed by atoms with E-state index in [1.807, 2.05) is 0 Å². The minimum Gasteiger partial charge on any atom is -0.508 e. The summed E-state index contributed by atoms with van der Waals surface area (Å²) in [5.41, 5.74) is 0.809. The van der Waals surface area contributed by atoms with E-state index >= 15 is 0 Å². The van der Waals surface area contributed by atoms with Crippen LogP contribution in [0, 0.1) is 0 Å². The van der Waals surface area contributed by atoms with Crippen molar-refractivity contribution in [3.63, 3.8) is 0 Å². The molecular formula is C17H16O5. The van der Waals surface area contributed by atoms with Gasteiger partial charge in [0.2, 0.25) is 5.78 Å². The second kappa shape index (κ2) is 6.67. The van der Waals surface area contributed by atoms with Crippen LogP contribution in [0.2, 0.25) is 0 Å². The van der Waals surface area contributed by atoms with Gasteiger partial charge >= 0.3 is 0 Å². The van der Waals surface area contributed by atoms with E-state index in [0.29, 0.717) is 16.9 Å². The summed E-state index contributed by atoms with van der Waals surface area (Å²) in [6, 6.07) is 10.7. The molecular weight excluding hydrogens is 284 g/mol. The molecule has 2 aromatic carbocycles. The van der Waals surface area contributed by atoms with Gasteiger partial charge in [-0.15, -0.1) is 0 Å². The first-order valence-corrected chi connectivity index (χ1v) is 6.51. The van der Waals surface area contributed by atoms with Crippen LogP contribution in [0.5, 0.6) is 17.2 Å². The predicted molar refractivity (Wildman–Crippen MR) is 82.1 cm³/mol. The molecule has 0 saturated heterocycles. The number of Topliss-reactive ketones (excluding diaryl/α,β-unsaturated/α-hetero) is 1. The average molecular weight is 300 g/mol. The van der Waals surface area contributed by atoms with Gasteiger partial charge in [-0.05, 0) is 42.5 Å². The highest BCUT2D eigenvalue weighted by Gasteiger charge is 2.14. The Balaban J connectivity index is 2.33. The second-order valence-electron chi connectivity index (χ2n) is 4.51. The molecule has 0 radical (unpaired) electrons. The van der Waals surface area contributed by atoms with Crippen LogP contribution >= 0.6 is 0 Å². The fourth-order valence-electron chi connectivity index (χ4n) is 1.90. The molecule has 0 aliphatic rings. The summed E-state index contributed by atoms with van der Waals surface area (Å²) in [6.07, 6.45) is 1.42. The Morgan fingerprint density at radius 3 is 2.27 bits per heavy atom. The molecule has 0 aromatic heterocycles. The minimum atomic E-state index is -0.322. The molecule has 0 unspecified atom stereocenters. The molecule has 0 saturated carbocycles. The summed E-state index contributed by atoms with van der Waals surface area (Å²) < 4.78 is 10.2. The lowest BCUT2D eigenvalue weighted by Gasteiger charge is -2.07. The number of ketones is 1. The van der Waals surface area contributed by atoms with Gasteiger partial charge in [-0.3, -0.25) is 4.79 Å². The van der Waals surface area contributed by atoms with Crippen LogP contribution in [0.4, 0.5) is 0 Å². The standard InChI is InChI=1S/C17H16O5/c1-21-14-7-4-11(5-8-14)17(20)16(22-2)9-12-3-6-13(18)10-15(12)19/h3-10,18-19H,1-2H3/b16-9+. The van der Waals surface area contributed by atoms with Crippen LogP contribution in [-0.2, 0) is 4.74 Å². The SMILES string of the molecule is CO/C(=C/c1ccc(O)cc1O)C(=O)c1ccc(OC)cc1. The summed E-state index contributed by atoms with van der Waals surface area (Å²) in [6.45, 7) is 0. The van der Waals surface area contributed by atoms with Crippen LogP contribution in [0.3, 0.4) is 0 Å². The van der Waals surface area contributed by atoms with Crippen LogP contribution in [-0.4, -0.2) is 30.2 Å². The molecule has 2 rings (SSSR count). The van der Waals surface area contributed by atoms with E-state index < -0.39 is 0 Å². The van der Waals surface area contributed by atoms with Crippen molar-refractivity contribution in [2.24, 2.45) is 0 Å². The predicted octanol–water partition coefficient (Wildman–Crippen LogP) is 2.98. The normalized spacial score (nSPS) is 11.1. The maximum atomic E-state index is 12.4. The molecule has 0 spiro atoms. The Bertz CT molecular complexity index is 701. The molecule has 0 heterocycles. The van der Waals surface area contributed by atoms with Gasteiger partial charge < -0.3 is 19.7 Å². The van der Waals surface area contributed by atoms with Gasteiger partial charge in [0.05, 0.1) is 14.2 Å². The largest absolute Gasteiger partial charge is 0.508 e. The molecule has 2 aromatic rings. The lowest BCUT2D eigenvalue weighted by Crippen LogP contribution is -2.05. The molecule has 2 N–H and O–H groups in total. The van der Waals surface area contributed by atoms with Crippen molar-refractivity contribution in [2.45, 2.75) is 0 Å². The van der Waals surface area contributed by atoms with Crippen molar-refractivity contribution in [1.82, 2.24) is 0 Å². The quantitative estimate of drug-likeness (QED) is 0.504. The third kappa shape index (κ3) is 3.38. The molecule has 0 bridgehead atoms. The topological polar surface area (TPSA) is 76.0 Å². The number of carbonyl (C=O) groups excluding carboxylic acids is 1. The van der Waals surface area contributed by atoms with Crippen molar-refractivity contribution in [1.29, 1.82) is 0 Å². The maximum absolute atomic E-state index is 12.4. The first-order valence-electron chi connectivity index (χ1n) is 6.51. The van der Waals surface area contributed by atoms with Crippen molar-refractivity contribution in [3.8, 4) is 17.2 Å². The monoisotopic (exact) mass is 300 g/mol. The zero-order valence-electron chi connectivity index (χ0n) is 12.2. The molecule has 0 amide bonds. The minimum absolute atomic E-state index is 0.0601. The molecule has 22 heavy (non-hydrogen) atoms. The fourth-order valence-corrected chi connectivity index (χ4v) is 1.90. The van der Waals surface area contributed by atoms with Crippen molar-refractivity contribution in [3.05, 3.63) is 59.4 Å². The molecule has 0 fully saturated rings. The third-order valence-corrected chi connectivity index (χ3v) is 3.10. The van der Waals surface area contributed by atoms with Gasteiger partial charge in [-0.25, -0.2) is 0 Å². The fraction of sp³-hybridized carbons (Fsp3) is 0.118. The summed E-state index contributed by atoms with van der Waals surface area (Å²) in [7, 11) is 2.93. The van der Waals surface area contributed by atoms with E-state index in [9.17, 15) is 15.0 Å². The summed E-state index contributed by atoms with van der Waals surface area (Å²) >= 11 is 0. The Hall–Kier alpha value is -2.95. The van der Waals surface area contributed by atoms with E-state index in [0.717, 1.165) is 0 Å². The molecule has 0 aliphatic heterocycles. The van der Waals surface area contributed by atoms with Crippen LogP contribution < -0.4 is 4.74 Å². The Labute approximate surface area is 128 Å². The number of hydrogen-bond acceptors (Lipinski definition) is 5. The van der Waals surface area contributed by atoms with Gasteiger partial charge in [0.1, 0.15) is 17.2 Å². The third-order valence-electron chi connectivity index (χ3n) is 3.10. The molecule has 114 valence electrons. The lowest BCUT2D eigenvalue weighted by molar-refractivity contribution is 0.0957. The number of aromatic hydroxyl groups is 2. The smallest absolute Gasteiger partial charge is 0.227 e. The Kier molecular flexibility index (Phi) is 4.68. The summed E-state index contributed by atoms with van der Waals surface area (Å²) in [4.78, 5) is 12.4.